The van der Waals surface area contributed by atoms with Crippen molar-refractivity contribution >= 4 is 5.69 Å². The van der Waals surface area contributed by atoms with Gasteiger partial charge in [-0.15, -0.1) is 0 Å². The number of nitro benzene ring substituents is 1. The highest BCUT2D eigenvalue weighted by molar-refractivity contribution is 5.59. The van der Waals surface area contributed by atoms with Crippen molar-refractivity contribution in [3.8, 4) is 11.5 Å². The third-order valence-corrected chi connectivity index (χ3v) is 3.29. The smallest absolute Gasteiger partial charge is 0.352 e. The van der Waals surface area contributed by atoms with Crippen LogP contribution in [0, 0.1) is 23.0 Å². The summed E-state index contributed by atoms with van der Waals surface area (Å²) >= 11 is 0. The molecule has 2 rings (SSSR count). The molecule has 7 heteroatoms. The second-order valence-corrected chi connectivity index (χ2v) is 4.84. The summed E-state index contributed by atoms with van der Waals surface area (Å²) in [6.45, 7) is 3.11. The van der Waals surface area contributed by atoms with Gasteiger partial charge in [-0.05, 0) is 24.6 Å². The van der Waals surface area contributed by atoms with E-state index in [0.717, 1.165) is 5.56 Å². The zero-order valence-electron chi connectivity index (χ0n) is 11.5. The van der Waals surface area contributed by atoms with Crippen molar-refractivity contribution in [1.82, 2.24) is 0 Å². The molecular formula is C13H18N2O5. The summed E-state index contributed by atoms with van der Waals surface area (Å²) in [5.74, 6) is 0.434. The van der Waals surface area contributed by atoms with Gasteiger partial charge >= 0.3 is 5.69 Å². The van der Waals surface area contributed by atoms with Gasteiger partial charge < -0.3 is 19.9 Å². The summed E-state index contributed by atoms with van der Waals surface area (Å²) in [5, 5.41) is 11.2. The highest BCUT2D eigenvalue weighted by atomic mass is 16.6. The average molecular weight is 282 g/mol. The zero-order valence-corrected chi connectivity index (χ0v) is 11.5. The Hall–Kier alpha value is -1.86. The Morgan fingerprint density at radius 3 is 2.70 bits per heavy atom. The molecule has 2 atom stereocenters. The Balaban J connectivity index is 2.21. The summed E-state index contributed by atoms with van der Waals surface area (Å²) < 4.78 is 15.9. The molecule has 1 aliphatic heterocycles. The van der Waals surface area contributed by atoms with Crippen LogP contribution in [-0.4, -0.2) is 37.9 Å². The molecule has 1 saturated heterocycles. The molecule has 0 unspecified atom stereocenters. The topological polar surface area (TPSA) is 96.8 Å². The van der Waals surface area contributed by atoms with E-state index in [-0.39, 0.29) is 35.8 Å². The molecule has 2 N–H and O–H groups in total. The van der Waals surface area contributed by atoms with Gasteiger partial charge in [0.2, 0.25) is 11.5 Å². The Labute approximate surface area is 116 Å². The maximum absolute atomic E-state index is 11.2. The van der Waals surface area contributed by atoms with Crippen molar-refractivity contribution in [3.63, 3.8) is 0 Å². The van der Waals surface area contributed by atoms with Crippen molar-refractivity contribution in [2.24, 2.45) is 11.7 Å². The molecule has 0 aliphatic carbocycles. The first-order chi connectivity index (χ1) is 9.52. The number of rotatable bonds is 5. The van der Waals surface area contributed by atoms with E-state index in [9.17, 15) is 10.1 Å². The van der Waals surface area contributed by atoms with Crippen LogP contribution in [0.1, 0.15) is 5.56 Å². The number of hydrogen-bond donors (Lipinski definition) is 1. The molecule has 0 amide bonds. The monoisotopic (exact) mass is 282 g/mol. The standard InChI is InChI=1S/C13H18N2O5/c1-8-3-11(18-2)13(15(16)17)12(4-8)20-6-9-5-19-7-10(9)14/h3-4,9-10H,5-7,14H2,1-2H3/t9-,10+/m0/s1. The van der Waals surface area contributed by atoms with Crippen molar-refractivity contribution in [2.75, 3.05) is 26.9 Å². The molecule has 1 fully saturated rings. The fourth-order valence-corrected chi connectivity index (χ4v) is 2.14. The summed E-state index contributed by atoms with van der Waals surface area (Å²) in [6, 6.07) is 3.14. The molecular weight excluding hydrogens is 264 g/mol. The van der Waals surface area contributed by atoms with Crippen molar-refractivity contribution < 1.29 is 19.1 Å². The first-order valence-corrected chi connectivity index (χ1v) is 6.32. The lowest BCUT2D eigenvalue weighted by Crippen LogP contribution is -2.32. The Morgan fingerprint density at radius 1 is 1.45 bits per heavy atom. The van der Waals surface area contributed by atoms with Gasteiger partial charge in [0.25, 0.3) is 0 Å². The normalized spacial score (nSPS) is 21.8. The molecule has 0 bridgehead atoms. The van der Waals surface area contributed by atoms with Gasteiger partial charge in [-0.25, -0.2) is 0 Å². The molecule has 1 aliphatic rings. The number of hydrogen-bond acceptors (Lipinski definition) is 6. The van der Waals surface area contributed by atoms with E-state index in [1.165, 1.54) is 7.11 Å². The number of aryl methyl sites for hydroxylation is 1. The van der Waals surface area contributed by atoms with Gasteiger partial charge in [0.15, 0.2) is 0 Å². The number of ether oxygens (including phenoxy) is 3. The van der Waals surface area contributed by atoms with Crippen LogP contribution in [0.5, 0.6) is 11.5 Å². The lowest BCUT2D eigenvalue weighted by Gasteiger charge is -2.15. The average Bonchev–Trinajstić information content (AvgIpc) is 2.80. The quantitative estimate of drug-likeness (QED) is 0.645. The van der Waals surface area contributed by atoms with Crippen LogP contribution in [0.3, 0.4) is 0 Å². The molecule has 7 nitrogen and oxygen atoms in total. The number of nitrogens with zero attached hydrogens (tertiary/aromatic N) is 1. The third kappa shape index (κ3) is 3.00. The SMILES string of the molecule is COc1cc(C)cc(OC[C@@H]2COC[C@H]2N)c1[N+](=O)[O-]. The van der Waals surface area contributed by atoms with Gasteiger partial charge in [0, 0.05) is 12.0 Å². The first kappa shape index (κ1) is 14.5. The Kier molecular flexibility index (Phi) is 4.41. The zero-order chi connectivity index (χ0) is 14.7. The highest BCUT2D eigenvalue weighted by Gasteiger charge is 2.28. The predicted molar refractivity (Wildman–Crippen MR) is 72.2 cm³/mol. The number of benzene rings is 1. The molecule has 0 saturated carbocycles. The molecule has 0 aromatic heterocycles. The van der Waals surface area contributed by atoms with Gasteiger partial charge in [-0.2, -0.15) is 0 Å². The Bertz CT molecular complexity index is 506. The van der Waals surface area contributed by atoms with E-state index in [4.69, 9.17) is 19.9 Å². The number of nitrogens with two attached hydrogens (primary N) is 1. The molecule has 110 valence electrons. The van der Waals surface area contributed by atoms with Crippen LogP contribution >= 0.6 is 0 Å². The largest absolute Gasteiger partial charge is 0.490 e. The second kappa shape index (κ2) is 6.06. The van der Waals surface area contributed by atoms with Crippen LogP contribution in [-0.2, 0) is 4.74 Å². The first-order valence-electron chi connectivity index (χ1n) is 6.32. The predicted octanol–water partition coefficient (Wildman–Crippen LogP) is 1.26. The van der Waals surface area contributed by atoms with Gasteiger partial charge in [-0.1, -0.05) is 0 Å². The molecule has 0 radical (unpaired) electrons. The fourth-order valence-electron chi connectivity index (χ4n) is 2.14. The number of nitro groups is 1. The van der Waals surface area contributed by atoms with Crippen molar-refractivity contribution in [3.05, 3.63) is 27.8 Å². The molecule has 20 heavy (non-hydrogen) atoms. The van der Waals surface area contributed by atoms with Crippen molar-refractivity contribution in [2.45, 2.75) is 13.0 Å². The summed E-state index contributed by atoms with van der Waals surface area (Å²) in [5.41, 5.74) is 6.53. The van der Waals surface area contributed by atoms with Crippen LogP contribution < -0.4 is 15.2 Å². The maximum Gasteiger partial charge on any atom is 0.352 e. The fraction of sp³-hybridized carbons (Fsp3) is 0.538. The molecule has 1 aromatic rings. The van der Waals surface area contributed by atoms with Crippen LogP contribution in [0.25, 0.3) is 0 Å². The van der Waals surface area contributed by atoms with E-state index < -0.39 is 4.92 Å². The van der Waals surface area contributed by atoms with Crippen molar-refractivity contribution in [1.29, 1.82) is 0 Å². The van der Waals surface area contributed by atoms with Crippen LogP contribution in [0.15, 0.2) is 12.1 Å². The van der Waals surface area contributed by atoms with E-state index in [0.29, 0.717) is 13.2 Å². The lowest BCUT2D eigenvalue weighted by molar-refractivity contribution is -0.386. The minimum absolute atomic E-state index is 0.0427. The molecule has 1 aromatic carbocycles. The van der Waals surface area contributed by atoms with Gasteiger partial charge in [0.05, 0.1) is 31.9 Å². The van der Waals surface area contributed by atoms with Gasteiger partial charge in [-0.3, -0.25) is 10.1 Å². The van der Waals surface area contributed by atoms with E-state index in [2.05, 4.69) is 0 Å². The maximum atomic E-state index is 11.2. The van der Waals surface area contributed by atoms with E-state index >= 15 is 0 Å². The number of methoxy groups -OCH3 is 1. The van der Waals surface area contributed by atoms with Crippen LogP contribution in [0.2, 0.25) is 0 Å². The van der Waals surface area contributed by atoms with E-state index in [1.807, 2.05) is 6.92 Å². The molecule has 1 heterocycles. The lowest BCUT2D eigenvalue weighted by atomic mass is 10.1. The summed E-state index contributed by atoms with van der Waals surface area (Å²) in [7, 11) is 1.40. The minimum atomic E-state index is -0.501. The minimum Gasteiger partial charge on any atom is -0.490 e. The Morgan fingerprint density at radius 2 is 2.15 bits per heavy atom. The second-order valence-electron chi connectivity index (χ2n) is 4.84. The van der Waals surface area contributed by atoms with Crippen LogP contribution in [0.4, 0.5) is 5.69 Å². The molecule has 0 spiro atoms. The summed E-state index contributed by atoms with van der Waals surface area (Å²) in [4.78, 5) is 10.7. The third-order valence-electron chi connectivity index (χ3n) is 3.29. The van der Waals surface area contributed by atoms with E-state index in [1.54, 1.807) is 12.1 Å². The highest BCUT2D eigenvalue weighted by Crippen LogP contribution is 2.38. The van der Waals surface area contributed by atoms with Gasteiger partial charge in [0.1, 0.15) is 0 Å². The summed E-state index contributed by atoms with van der Waals surface area (Å²) in [6.07, 6.45) is 0.